The number of aromatic nitrogens is 2. The van der Waals surface area contributed by atoms with Gasteiger partial charge in [0.05, 0.1) is 29.2 Å². The van der Waals surface area contributed by atoms with Crippen molar-refractivity contribution in [3.05, 3.63) is 172 Å². The van der Waals surface area contributed by atoms with E-state index in [4.69, 9.17) is 4.74 Å². The summed E-state index contributed by atoms with van der Waals surface area (Å²) in [7, 11) is 1.74. The maximum Gasteiger partial charge on any atom is 0.338 e. The number of hydrogen-bond donors (Lipinski definition) is 2. The van der Waals surface area contributed by atoms with Crippen molar-refractivity contribution < 1.29 is 14.6 Å². The topological polar surface area (TPSA) is 84.3 Å². The van der Waals surface area contributed by atoms with E-state index in [1.807, 2.05) is 115 Å². The van der Waals surface area contributed by atoms with Gasteiger partial charge in [0.2, 0.25) is 0 Å². The minimum absolute atomic E-state index is 0.0191. The molecule has 2 N–H and O–H groups in total. The molecular formula is C41H34N2O4. The molecule has 0 aliphatic carbocycles. The van der Waals surface area contributed by atoms with Crippen LogP contribution < -0.4 is 5.56 Å². The van der Waals surface area contributed by atoms with Gasteiger partial charge in [0, 0.05) is 29.0 Å². The van der Waals surface area contributed by atoms with Crippen LogP contribution in [0, 0.1) is 0 Å². The zero-order valence-electron chi connectivity index (χ0n) is 26.0. The van der Waals surface area contributed by atoms with Crippen molar-refractivity contribution >= 4 is 27.8 Å². The van der Waals surface area contributed by atoms with Crippen molar-refractivity contribution in [3.63, 3.8) is 0 Å². The molecular weight excluding hydrogens is 584 g/mol. The second-order valence-electron chi connectivity index (χ2n) is 11.7. The monoisotopic (exact) mass is 618 g/mol. The zero-order valence-corrected chi connectivity index (χ0v) is 26.0. The first-order valence-electron chi connectivity index (χ1n) is 15.8. The number of carbonyl (C=O) groups is 1. The summed E-state index contributed by atoms with van der Waals surface area (Å²) in [6.45, 7) is 0.233. The van der Waals surface area contributed by atoms with Crippen LogP contribution in [0.5, 0.6) is 5.75 Å². The Hall–Kier alpha value is -5.88. The summed E-state index contributed by atoms with van der Waals surface area (Å²) < 4.78 is 7.32. The Morgan fingerprint density at radius 3 is 2.13 bits per heavy atom. The molecule has 7 aromatic rings. The van der Waals surface area contributed by atoms with Gasteiger partial charge >= 0.3 is 5.97 Å². The van der Waals surface area contributed by atoms with Crippen LogP contribution in [0.25, 0.3) is 32.9 Å². The van der Waals surface area contributed by atoms with Gasteiger partial charge in [-0.05, 0) is 65.4 Å². The zero-order chi connectivity index (χ0) is 32.3. The predicted octanol–water partition coefficient (Wildman–Crippen LogP) is 8.36. The summed E-state index contributed by atoms with van der Waals surface area (Å²) in [5.41, 5.74) is 7.03. The number of esters is 1. The highest BCUT2D eigenvalue weighted by atomic mass is 16.5. The second-order valence-corrected chi connectivity index (χ2v) is 11.7. The number of aromatic amines is 1. The number of rotatable bonds is 9. The van der Waals surface area contributed by atoms with Crippen molar-refractivity contribution in [1.29, 1.82) is 0 Å². The number of ether oxygens (including phenoxy) is 1. The molecule has 2 heterocycles. The summed E-state index contributed by atoms with van der Waals surface area (Å²) in [6, 6.07) is 42.7. The van der Waals surface area contributed by atoms with Crippen LogP contribution in [0.4, 0.5) is 0 Å². The highest BCUT2D eigenvalue weighted by Gasteiger charge is 2.30. The van der Waals surface area contributed by atoms with E-state index < -0.39 is 5.92 Å². The first-order valence-corrected chi connectivity index (χ1v) is 15.8. The average Bonchev–Trinajstić information content (AvgIpc) is 3.49. The van der Waals surface area contributed by atoms with E-state index in [1.165, 1.54) is 0 Å². The van der Waals surface area contributed by atoms with Crippen LogP contribution in [0.15, 0.2) is 138 Å². The lowest BCUT2D eigenvalue weighted by Crippen LogP contribution is -2.25. The summed E-state index contributed by atoms with van der Waals surface area (Å²) in [4.78, 5) is 30.6. The number of nitrogens with zero attached hydrogens (tertiary/aromatic N) is 1. The molecule has 0 saturated carbocycles. The third kappa shape index (κ3) is 5.70. The number of hydrogen-bond acceptors (Lipinski definition) is 4. The van der Waals surface area contributed by atoms with Gasteiger partial charge in [-0.25, -0.2) is 4.79 Å². The Kier molecular flexibility index (Phi) is 8.15. The van der Waals surface area contributed by atoms with E-state index in [1.54, 1.807) is 23.7 Å². The van der Waals surface area contributed by atoms with Gasteiger partial charge in [-0.2, -0.15) is 0 Å². The lowest BCUT2D eigenvalue weighted by Gasteiger charge is -2.22. The Balaban J connectivity index is 1.20. The van der Waals surface area contributed by atoms with E-state index >= 15 is 0 Å². The maximum atomic E-state index is 14.0. The summed E-state index contributed by atoms with van der Waals surface area (Å²) >= 11 is 0. The fourth-order valence-corrected chi connectivity index (χ4v) is 6.55. The van der Waals surface area contributed by atoms with Gasteiger partial charge in [0.25, 0.3) is 5.56 Å². The highest BCUT2D eigenvalue weighted by Crippen LogP contribution is 2.41. The number of carbonyl (C=O) groups excluding carboxylic acids is 1. The number of H-pyrrole nitrogens is 1. The van der Waals surface area contributed by atoms with Crippen molar-refractivity contribution in [2.45, 2.75) is 18.8 Å². The SMILES string of the molecule is Cn1c(=O)c(C(c2ccccc2)c2[nH]c3ccccc3c2CCCOC(=O)c2ccc(-c3ccccc3)cc2)c(O)c2ccccc21. The molecule has 0 radical (unpaired) electrons. The van der Waals surface area contributed by atoms with Crippen LogP contribution in [-0.4, -0.2) is 27.2 Å². The number of para-hydroxylation sites is 2. The maximum absolute atomic E-state index is 14.0. The van der Waals surface area contributed by atoms with Crippen molar-refractivity contribution in [1.82, 2.24) is 9.55 Å². The minimum atomic E-state index is -0.562. The molecule has 0 saturated heterocycles. The van der Waals surface area contributed by atoms with Gasteiger partial charge in [-0.15, -0.1) is 0 Å². The molecule has 0 spiro atoms. The van der Waals surface area contributed by atoms with Crippen LogP contribution in [0.3, 0.4) is 0 Å². The van der Waals surface area contributed by atoms with Gasteiger partial charge in [0.1, 0.15) is 5.75 Å². The van der Waals surface area contributed by atoms with Crippen LogP contribution >= 0.6 is 0 Å². The third-order valence-electron chi connectivity index (χ3n) is 8.90. The van der Waals surface area contributed by atoms with E-state index in [0.717, 1.165) is 38.9 Å². The Labute approximate surface area is 272 Å². The van der Waals surface area contributed by atoms with E-state index in [2.05, 4.69) is 11.1 Å². The Morgan fingerprint density at radius 1 is 0.766 bits per heavy atom. The molecule has 0 bridgehead atoms. The molecule has 1 atom stereocenters. The number of aryl methyl sites for hydroxylation is 2. The van der Waals surface area contributed by atoms with Crippen LogP contribution in [-0.2, 0) is 18.2 Å². The number of pyridine rings is 1. The second kappa shape index (κ2) is 12.9. The number of aromatic hydroxyl groups is 1. The normalized spacial score (nSPS) is 11.9. The molecule has 2 aromatic heterocycles. The van der Waals surface area contributed by atoms with Crippen molar-refractivity contribution in [3.8, 4) is 16.9 Å². The van der Waals surface area contributed by atoms with Crippen LogP contribution in [0.1, 0.15) is 45.1 Å². The number of nitrogens with one attached hydrogen (secondary N) is 1. The molecule has 232 valence electrons. The molecule has 0 amide bonds. The molecule has 7 rings (SSSR count). The van der Waals surface area contributed by atoms with Gasteiger partial charge in [-0.1, -0.05) is 103 Å². The smallest absolute Gasteiger partial charge is 0.338 e. The lowest BCUT2D eigenvalue weighted by molar-refractivity contribution is 0.0500. The first-order chi connectivity index (χ1) is 23.0. The minimum Gasteiger partial charge on any atom is -0.507 e. The largest absolute Gasteiger partial charge is 0.507 e. The molecule has 6 nitrogen and oxygen atoms in total. The standard InChI is InChI=1S/C41H34N2O4/c1-43-35-21-11-9-18-33(35)39(44)37(40(43)45)36(29-15-6-3-7-16-29)38-32(31-17-8-10-20-34(31)42-38)19-12-26-47-41(46)30-24-22-28(23-25-30)27-13-4-2-5-14-27/h2-11,13-18,20-25,36,42,44H,12,19,26H2,1H3. The summed E-state index contributed by atoms with van der Waals surface area (Å²) in [5, 5.41) is 13.3. The van der Waals surface area contributed by atoms with E-state index in [0.29, 0.717) is 34.9 Å². The number of benzene rings is 5. The van der Waals surface area contributed by atoms with E-state index in [-0.39, 0.29) is 23.9 Å². The molecule has 1 unspecified atom stereocenters. The van der Waals surface area contributed by atoms with Gasteiger partial charge in [-0.3, -0.25) is 4.79 Å². The van der Waals surface area contributed by atoms with Crippen molar-refractivity contribution in [2.75, 3.05) is 6.61 Å². The molecule has 6 heteroatoms. The predicted molar refractivity (Wildman–Crippen MR) is 187 cm³/mol. The molecule has 0 aliphatic heterocycles. The first kappa shape index (κ1) is 29.8. The molecule has 5 aromatic carbocycles. The molecule has 47 heavy (non-hydrogen) atoms. The quantitative estimate of drug-likeness (QED) is 0.126. The van der Waals surface area contributed by atoms with Gasteiger partial charge < -0.3 is 19.4 Å². The Bertz CT molecular complexity index is 2250. The van der Waals surface area contributed by atoms with E-state index in [9.17, 15) is 14.7 Å². The van der Waals surface area contributed by atoms with Gasteiger partial charge in [0.15, 0.2) is 0 Å². The number of fused-ring (bicyclic) bond motifs is 2. The fraction of sp³-hybridized carbons (Fsp3) is 0.122. The highest BCUT2D eigenvalue weighted by molar-refractivity contribution is 5.90. The van der Waals surface area contributed by atoms with Crippen LogP contribution in [0.2, 0.25) is 0 Å². The third-order valence-corrected chi connectivity index (χ3v) is 8.90. The molecule has 0 aliphatic rings. The lowest BCUT2D eigenvalue weighted by atomic mass is 9.85. The molecule has 0 fully saturated rings. The fourth-order valence-electron chi connectivity index (χ4n) is 6.55. The summed E-state index contributed by atoms with van der Waals surface area (Å²) in [6.07, 6.45) is 1.17. The Morgan fingerprint density at radius 2 is 1.38 bits per heavy atom. The average molecular weight is 619 g/mol. The van der Waals surface area contributed by atoms with Crippen molar-refractivity contribution in [2.24, 2.45) is 7.05 Å². The summed E-state index contributed by atoms with van der Waals surface area (Å²) in [5.74, 6) is -0.947.